The summed E-state index contributed by atoms with van der Waals surface area (Å²) in [6.07, 6.45) is 7.59. The maximum Gasteiger partial charge on any atom is 0.228 e. The van der Waals surface area contributed by atoms with Gasteiger partial charge in [-0.05, 0) is 44.6 Å². The van der Waals surface area contributed by atoms with Gasteiger partial charge in [-0.1, -0.05) is 33.1 Å². The Bertz CT molecular complexity index is 302. The van der Waals surface area contributed by atoms with Crippen LogP contribution in [0, 0.1) is 17.3 Å². The molecule has 1 saturated heterocycles. The van der Waals surface area contributed by atoms with Crippen LogP contribution in [-0.2, 0) is 4.79 Å². The summed E-state index contributed by atoms with van der Waals surface area (Å²) in [5.74, 6) is 1.38. The van der Waals surface area contributed by atoms with E-state index in [-0.39, 0.29) is 11.3 Å². The van der Waals surface area contributed by atoms with Gasteiger partial charge in [0.15, 0.2) is 0 Å². The predicted molar refractivity (Wildman–Crippen MR) is 78.9 cm³/mol. The topological polar surface area (TPSA) is 41.1 Å². The second-order valence-corrected chi connectivity index (χ2v) is 6.90. The summed E-state index contributed by atoms with van der Waals surface area (Å²) in [5.41, 5.74) is -0.178. The van der Waals surface area contributed by atoms with Crippen molar-refractivity contribution in [3.05, 3.63) is 0 Å². The molecule has 1 saturated carbocycles. The third kappa shape index (κ3) is 3.13. The first-order valence-electron chi connectivity index (χ1n) is 8.08. The fourth-order valence-electron chi connectivity index (χ4n) is 3.76. The van der Waals surface area contributed by atoms with Crippen LogP contribution < -0.4 is 10.6 Å². The molecule has 2 fully saturated rings. The molecule has 2 aliphatic rings. The summed E-state index contributed by atoms with van der Waals surface area (Å²) >= 11 is 0. The molecular formula is C16H30N2O. The Morgan fingerprint density at radius 1 is 1.21 bits per heavy atom. The molecule has 1 unspecified atom stereocenters. The lowest BCUT2D eigenvalue weighted by Crippen LogP contribution is -2.50. The van der Waals surface area contributed by atoms with Crippen LogP contribution in [0.4, 0.5) is 0 Å². The van der Waals surface area contributed by atoms with Crippen LogP contribution in [0.1, 0.15) is 59.3 Å². The first-order chi connectivity index (χ1) is 9.06. The van der Waals surface area contributed by atoms with E-state index >= 15 is 0 Å². The lowest BCUT2D eigenvalue weighted by atomic mass is 9.75. The van der Waals surface area contributed by atoms with E-state index in [1.807, 2.05) is 0 Å². The minimum atomic E-state index is -0.178. The molecule has 1 aliphatic carbocycles. The first kappa shape index (κ1) is 14.8. The highest BCUT2D eigenvalue weighted by Crippen LogP contribution is 2.35. The lowest BCUT2D eigenvalue weighted by molar-refractivity contribution is -0.133. The molecular weight excluding hydrogens is 236 g/mol. The number of rotatable bonds is 4. The Morgan fingerprint density at radius 3 is 2.42 bits per heavy atom. The molecule has 1 amide bonds. The maximum absolute atomic E-state index is 12.7. The van der Waals surface area contributed by atoms with Gasteiger partial charge in [0.05, 0.1) is 5.41 Å². The van der Waals surface area contributed by atoms with Crippen LogP contribution in [0.3, 0.4) is 0 Å². The minimum Gasteiger partial charge on any atom is -0.353 e. The molecule has 0 radical (unpaired) electrons. The zero-order valence-corrected chi connectivity index (χ0v) is 12.8. The molecule has 2 atom stereocenters. The molecule has 1 heterocycles. The molecule has 3 nitrogen and oxygen atoms in total. The molecule has 3 heteroatoms. The maximum atomic E-state index is 12.7. The molecule has 19 heavy (non-hydrogen) atoms. The Hall–Kier alpha value is -0.570. The van der Waals surface area contributed by atoms with Crippen molar-refractivity contribution in [1.82, 2.24) is 10.6 Å². The molecule has 2 N–H and O–H groups in total. The third-order valence-electron chi connectivity index (χ3n) is 5.46. The van der Waals surface area contributed by atoms with E-state index in [0.717, 1.165) is 19.5 Å². The second kappa shape index (κ2) is 6.25. The Morgan fingerprint density at radius 2 is 1.89 bits per heavy atom. The van der Waals surface area contributed by atoms with Gasteiger partial charge in [0.25, 0.3) is 0 Å². The molecule has 0 aromatic heterocycles. The fraction of sp³-hybridized carbons (Fsp3) is 0.938. The van der Waals surface area contributed by atoms with Gasteiger partial charge in [0.2, 0.25) is 5.91 Å². The minimum absolute atomic E-state index is 0.178. The summed E-state index contributed by atoms with van der Waals surface area (Å²) in [7, 11) is 0. The summed E-state index contributed by atoms with van der Waals surface area (Å²) in [5, 5.41) is 6.70. The van der Waals surface area contributed by atoms with Crippen LogP contribution in [0.15, 0.2) is 0 Å². The first-order valence-corrected chi connectivity index (χ1v) is 8.08. The Labute approximate surface area is 117 Å². The van der Waals surface area contributed by atoms with Gasteiger partial charge in [-0.2, -0.15) is 0 Å². The summed E-state index contributed by atoms with van der Waals surface area (Å²) in [4.78, 5) is 12.7. The average molecular weight is 266 g/mol. The largest absolute Gasteiger partial charge is 0.353 e. The van der Waals surface area contributed by atoms with Crippen molar-refractivity contribution in [2.75, 3.05) is 13.1 Å². The zero-order valence-electron chi connectivity index (χ0n) is 12.8. The van der Waals surface area contributed by atoms with E-state index in [0.29, 0.717) is 17.9 Å². The van der Waals surface area contributed by atoms with Crippen molar-refractivity contribution in [3.8, 4) is 0 Å². The van der Waals surface area contributed by atoms with Crippen molar-refractivity contribution in [3.63, 3.8) is 0 Å². The van der Waals surface area contributed by atoms with Crippen LogP contribution in [-0.4, -0.2) is 25.0 Å². The Balaban J connectivity index is 1.95. The highest BCUT2D eigenvalue weighted by molar-refractivity contribution is 5.83. The van der Waals surface area contributed by atoms with E-state index in [1.54, 1.807) is 0 Å². The molecule has 1 aliphatic heterocycles. The fourth-order valence-corrected chi connectivity index (χ4v) is 3.76. The number of carbonyl (C=O) groups excluding carboxylic acids is 1. The quantitative estimate of drug-likeness (QED) is 0.821. The van der Waals surface area contributed by atoms with Gasteiger partial charge >= 0.3 is 0 Å². The van der Waals surface area contributed by atoms with Gasteiger partial charge < -0.3 is 10.6 Å². The predicted octanol–water partition coefficient (Wildman–Crippen LogP) is 2.71. The van der Waals surface area contributed by atoms with E-state index in [9.17, 15) is 4.79 Å². The number of carbonyl (C=O) groups is 1. The van der Waals surface area contributed by atoms with Crippen molar-refractivity contribution in [2.24, 2.45) is 17.3 Å². The van der Waals surface area contributed by atoms with Crippen molar-refractivity contribution in [1.29, 1.82) is 0 Å². The molecule has 0 aromatic carbocycles. The van der Waals surface area contributed by atoms with Crippen LogP contribution in [0.2, 0.25) is 0 Å². The van der Waals surface area contributed by atoms with E-state index < -0.39 is 0 Å². The number of nitrogens with one attached hydrogen (secondary N) is 2. The third-order valence-corrected chi connectivity index (χ3v) is 5.46. The highest BCUT2D eigenvalue weighted by atomic mass is 16.2. The van der Waals surface area contributed by atoms with Crippen LogP contribution >= 0.6 is 0 Å². The number of hydrogen-bond donors (Lipinski definition) is 2. The molecule has 110 valence electrons. The normalized spacial score (nSPS) is 30.5. The summed E-state index contributed by atoms with van der Waals surface area (Å²) in [6.45, 7) is 8.37. The van der Waals surface area contributed by atoms with E-state index in [1.165, 1.54) is 32.1 Å². The van der Waals surface area contributed by atoms with Crippen molar-refractivity contribution in [2.45, 2.75) is 65.3 Å². The zero-order chi connectivity index (χ0) is 13.9. The monoisotopic (exact) mass is 266 g/mol. The van der Waals surface area contributed by atoms with Gasteiger partial charge in [-0.25, -0.2) is 0 Å². The van der Waals surface area contributed by atoms with Crippen molar-refractivity contribution < 1.29 is 4.79 Å². The number of amides is 1. The van der Waals surface area contributed by atoms with Crippen LogP contribution in [0.25, 0.3) is 0 Å². The van der Waals surface area contributed by atoms with Gasteiger partial charge in [0.1, 0.15) is 0 Å². The molecule has 2 rings (SSSR count). The van der Waals surface area contributed by atoms with E-state index in [4.69, 9.17) is 0 Å². The average Bonchev–Trinajstić information content (AvgIpc) is 2.90. The summed E-state index contributed by atoms with van der Waals surface area (Å²) in [6, 6.07) is 0.337. The standard InChI is InChI=1S/C16H30N2O/c1-12(2)16(9-10-17-11-16)15(19)18-13(3)14-7-5-4-6-8-14/h12-14,17H,4-11H2,1-3H3,(H,18,19)/t13-,16?/m0/s1. The van der Waals surface area contributed by atoms with Gasteiger partial charge in [-0.3, -0.25) is 4.79 Å². The highest BCUT2D eigenvalue weighted by Gasteiger charge is 2.44. The lowest BCUT2D eigenvalue weighted by Gasteiger charge is -2.35. The number of hydrogen-bond acceptors (Lipinski definition) is 2. The van der Waals surface area contributed by atoms with Crippen LogP contribution in [0.5, 0.6) is 0 Å². The second-order valence-electron chi connectivity index (χ2n) is 6.90. The molecule has 0 aromatic rings. The van der Waals surface area contributed by atoms with Crippen molar-refractivity contribution >= 4 is 5.91 Å². The smallest absolute Gasteiger partial charge is 0.228 e. The Kier molecular flexibility index (Phi) is 4.88. The molecule has 0 bridgehead atoms. The summed E-state index contributed by atoms with van der Waals surface area (Å²) < 4.78 is 0. The van der Waals surface area contributed by atoms with E-state index in [2.05, 4.69) is 31.4 Å². The SMILES string of the molecule is CC(C)C1(C(=O)N[C@@H](C)C2CCCCC2)CCNC1. The molecule has 0 spiro atoms. The van der Waals surface area contributed by atoms with Gasteiger partial charge in [-0.15, -0.1) is 0 Å². The van der Waals surface area contributed by atoms with Gasteiger partial charge in [0, 0.05) is 12.6 Å².